The van der Waals surface area contributed by atoms with Crippen LogP contribution >= 0.6 is 22.7 Å². The lowest BCUT2D eigenvalue weighted by molar-refractivity contribution is 0.171. The fraction of sp³-hybridized carbons (Fsp3) is 0.263. The second kappa shape index (κ2) is 6.63. The molecule has 0 aliphatic carbocycles. The molecule has 4 heterocycles. The van der Waals surface area contributed by atoms with E-state index >= 15 is 0 Å². The fourth-order valence-electron chi connectivity index (χ4n) is 3.61. The number of sulfonamides is 1. The van der Waals surface area contributed by atoms with Gasteiger partial charge in [0.2, 0.25) is 10.0 Å². The average Bonchev–Trinajstić information content (AvgIpc) is 3.38. The first-order valence-electron chi connectivity index (χ1n) is 8.66. The number of ether oxygens (including phenoxy) is 2. The van der Waals surface area contributed by atoms with Gasteiger partial charge in [-0.05, 0) is 47.0 Å². The van der Waals surface area contributed by atoms with Gasteiger partial charge in [-0.3, -0.25) is 0 Å². The van der Waals surface area contributed by atoms with E-state index in [4.69, 9.17) is 9.47 Å². The van der Waals surface area contributed by atoms with E-state index in [-0.39, 0.29) is 10.9 Å². The van der Waals surface area contributed by atoms with Crippen molar-refractivity contribution in [2.45, 2.75) is 17.4 Å². The molecule has 1 atom stereocenters. The van der Waals surface area contributed by atoms with Crippen LogP contribution in [0.1, 0.15) is 21.4 Å². The lowest BCUT2D eigenvalue weighted by atomic mass is 10.0. The first kappa shape index (κ1) is 17.2. The predicted octanol–water partition coefficient (Wildman–Crippen LogP) is 3.92. The summed E-state index contributed by atoms with van der Waals surface area (Å²) in [5.41, 5.74) is 1.09. The standard InChI is InChI=1S/C19H17NO4S3/c21-27(22,13-3-4-15-16(12-13)24-9-8-23-15)20-7-5-17-14(6-11-26-17)19(20)18-2-1-10-25-18/h1-4,6,10-12,19H,5,7-9H2/t19-/m1/s1. The van der Waals surface area contributed by atoms with Gasteiger partial charge in [0, 0.05) is 22.4 Å². The van der Waals surface area contributed by atoms with Crippen molar-refractivity contribution in [1.82, 2.24) is 4.31 Å². The molecule has 1 aromatic carbocycles. The molecule has 0 radical (unpaired) electrons. The molecule has 2 aromatic heterocycles. The average molecular weight is 420 g/mol. The van der Waals surface area contributed by atoms with E-state index in [1.807, 2.05) is 22.9 Å². The van der Waals surface area contributed by atoms with Gasteiger partial charge in [-0.1, -0.05) is 6.07 Å². The van der Waals surface area contributed by atoms with E-state index in [0.29, 0.717) is 31.3 Å². The molecule has 2 aliphatic heterocycles. The van der Waals surface area contributed by atoms with E-state index in [1.165, 1.54) is 4.88 Å². The van der Waals surface area contributed by atoms with Crippen LogP contribution in [-0.2, 0) is 16.4 Å². The molecule has 0 amide bonds. The number of nitrogens with zero attached hydrogens (tertiary/aromatic N) is 1. The zero-order valence-corrected chi connectivity index (χ0v) is 16.8. The van der Waals surface area contributed by atoms with E-state index in [9.17, 15) is 8.42 Å². The smallest absolute Gasteiger partial charge is 0.244 e. The van der Waals surface area contributed by atoms with Gasteiger partial charge in [0.15, 0.2) is 11.5 Å². The summed E-state index contributed by atoms with van der Waals surface area (Å²) in [5.74, 6) is 1.08. The Morgan fingerprint density at radius 1 is 1.00 bits per heavy atom. The number of hydrogen-bond acceptors (Lipinski definition) is 6. The van der Waals surface area contributed by atoms with Gasteiger partial charge in [-0.25, -0.2) is 8.42 Å². The van der Waals surface area contributed by atoms with Gasteiger partial charge >= 0.3 is 0 Å². The highest BCUT2D eigenvalue weighted by Crippen LogP contribution is 2.43. The van der Waals surface area contributed by atoms with E-state index in [1.54, 1.807) is 45.2 Å². The summed E-state index contributed by atoms with van der Waals surface area (Å²) < 4.78 is 39.8. The van der Waals surface area contributed by atoms with Crippen molar-refractivity contribution in [1.29, 1.82) is 0 Å². The van der Waals surface area contributed by atoms with Crippen LogP contribution in [0.25, 0.3) is 0 Å². The minimum Gasteiger partial charge on any atom is -0.486 e. The maximum Gasteiger partial charge on any atom is 0.244 e. The molecule has 0 N–H and O–H groups in total. The molecule has 0 saturated heterocycles. The number of benzene rings is 1. The Kier molecular flexibility index (Phi) is 4.23. The maximum atomic E-state index is 13.5. The van der Waals surface area contributed by atoms with Crippen LogP contribution in [-0.4, -0.2) is 32.5 Å². The first-order chi connectivity index (χ1) is 13.1. The fourth-order valence-corrected chi connectivity index (χ4v) is 7.04. The van der Waals surface area contributed by atoms with Crippen LogP contribution < -0.4 is 9.47 Å². The third-order valence-electron chi connectivity index (χ3n) is 4.85. The summed E-state index contributed by atoms with van der Waals surface area (Å²) in [7, 11) is -3.68. The van der Waals surface area contributed by atoms with E-state index in [0.717, 1.165) is 16.9 Å². The quantitative estimate of drug-likeness (QED) is 0.646. The molecule has 3 aromatic rings. The number of thiophene rings is 2. The number of fused-ring (bicyclic) bond motifs is 2. The van der Waals surface area contributed by atoms with Crippen molar-refractivity contribution >= 4 is 32.7 Å². The van der Waals surface area contributed by atoms with Gasteiger partial charge in [0.25, 0.3) is 0 Å². The van der Waals surface area contributed by atoms with Crippen LogP contribution in [0, 0.1) is 0 Å². The van der Waals surface area contributed by atoms with Crippen LogP contribution in [0.2, 0.25) is 0 Å². The van der Waals surface area contributed by atoms with Gasteiger partial charge in [0.05, 0.1) is 10.9 Å². The van der Waals surface area contributed by atoms with Crippen LogP contribution in [0.4, 0.5) is 0 Å². The Hall–Kier alpha value is -1.87. The monoisotopic (exact) mass is 419 g/mol. The Bertz CT molecular complexity index is 1070. The highest BCUT2D eigenvalue weighted by Gasteiger charge is 2.38. The van der Waals surface area contributed by atoms with Crippen molar-refractivity contribution in [2.75, 3.05) is 19.8 Å². The Labute approximate surface area is 165 Å². The SMILES string of the molecule is O=S(=O)(c1ccc2c(c1)OCCO2)N1CCc2sccc2[C@@H]1c1cccs1. The van der Waals surface area contributed by atoms with E-state index < -0.39 is 10.0 Å². The largest absolute Gasteiger partial charge is 0.486 e. The van der Waals surface area contributed by atoms with E-state index in [2.05, 4.69) is 6.07 Å². The minimum atomic E-state index is -3.68. The normalized spacial score (nSPS) is 19.6. The molecule has 27 heavy (non-hydrogen) atoms. The van der Waals surface area contributed by atoms with Gasteiger partial charge in [-0.2, -0.15) is 4.31 Å². The summed E-state index contributed by atoms with van der Waals surface area (Å²) in [6.07, 6.45) is 0.735. The van der Waals surface area contributed by atoms with Crippen molar-refractivity contribution < 1.29 is 17.9 Å². The molecular formula is C19H17NO4S3. The van der Waals surface area contributed by atoms with Crippen molar-refractivity contribution in [3.63, 3.8) is 0 Å². The summed E-state index contributed by atoms with van der Waals surface area (Å²) in [6, 6.07) is 10.6. The molecule has 2 aliphatic rings. The zero-order valence-electron chi connectivity index (χ0n) is 14.3. The molecule has 0 bridgehead atoms. The second-order valence-corrected chi connectivity index (χ2v) is 10.3. The predicted molar refractivity (Wildman–Crippen MR) is 106 cm³/mol. The summed E-state index contributed by atoms with van der Waals surface area (Å²) in [4.78, 5) is 2.55. The van der Waals surface area contributed by atoms with Crippen LogP contribution in [0.5, 0.6) is 11.5 Å². The maximum absolute atomic E-state index is 13.5. The van der Waals surface area contributed by atoms with Crippen LogP contribution in [0.15, 0.2) is 52.1 Å². The molecule has 5 rings (SSSR count). The highest BCUT2D eigenvalue weighted by atomic mass is 32.2. The number of rotatable bonds is 3. The third-order valence-corrected chi connectivity index (χ3v) is 8.64. The number of hydrogen-bond donors (Lipinski definition) is 0. The Morgan fingerprint density at radius 2 is 1.85 bits per heavy atom. The lowest BCUT2D eigenvalue weighted by Crippen LogP contribution is -2.39. The summed E-state index contributed by atoms with van der Waals surface area (Å²) in [6.45, 7) is 1.37. The molecule has 0 unspecified atom stereocenters. The molecule has 8 heteroatoms. The zero-order chi connectivity index (χ0) is 18.4. The minimum absolute atomic E-state index is 0.243. The van der Waals surface area contributed by atoms with Crippen LogP contribution in [0.3, 0.4) is 0 Å². The third kappa shape index (κ3) is 2.87. The molecule has 0 saturated carbocycles. The lowest BCUT2D eigenvalue weighted by Gasteiger charge is -2.34. The summed E-state index contributed by atoms with van der Waals surface area (Å²) in [5, 5.41) is 4.04. The van der Waals surface area contributed by atoms with Crippen molar-refractivity contribution in [3.05, 3.63) is 62.5 Å². The molecule has 0 spiro atoms. The Morgan fingerprint density at radius 3 is 2.67 bits per heavy atom. The highest BCUT2D eigenvalue weighted by molar-refractivity contribution is 7.89. The molecule has 140 valence electrons. The molecule has 0 fully saturated rings. The van der Waals surface area contributed by atoms with Gasteiger partial charge in [0.1, 0.15) is 13.2 Å². The van der Waals surface area contributed by atoms with Gasteiger partial charge in [-0.15, -0.1) is 22.7 Å². The first-order valence-corrected chi connectivity index (χ1v) is 11.9. The summed E-state index contributed by atoms with van der Waals surface area (Å²) >= 11 is 3.29. The molecular weight excluding hydrogens is 402 g/mol. The second-order valence-electron chi connectivity index (χ2n) is 6.39. The van der Waals surface area contributed by atoms with Crippen molar-refractivity contribution in [3.8, 4) is 11.5 Å². The Balaban J connectivity index is 1.60. The topological polar surface area (TPSA) is 55.8 Å². The molecule has 5 nitrogen and oxygen atoms in total. The van der Waals surface area contributed by atoms with Crippen molar-refractivity contribution in [2.24, 2.45) is 0 Å². The van der Waals surface area contributed by atoms with Gasteiger partial charge < -0.3 is 9.47 Å².